The molecular formula is C21H37NO3Si. The van der Waals surface area contributed by atoms with Gasteiger partial charge in [-0.15, -0.1) is 0 Å². The third-order valence-corrected chi connectivity index (χ3v) is 9.87. The zero-order valence-electron chi connectivity index (χ0n) is 16.9. The normalized spacial score (nSPS) is 22.4. The average molecular weight is 380 g/mol. The molecule has 26 heavy (non-hydrogen) atoms. The Kier molecular flexibility index (Phi) is 9.29. The number of ether oxygens (including phenoxy) is 1. The Bertz CT molecular complexity index is 484. The smallest absolute Gasteiger partial charge is 0.371 e. The first-order chi connectivity index (χ1) is 12.7. The van der Waals surface area contributed by atoms with Gasteiger partial charge in [0, 0.05) is 26.4 Å². The third kappa shape index (κ3) is 5.39. The highest BCUT2D eigenvalue weighted by Crippen LogP contribution is 2.43. The summed E-state index contributed by atoms with van der Waals surface area (Å²) >= 11 is 0. The van der Waals surface area contributed by atoms with E-state index in [1.807, 2.05) is 0 Å². The summed E-state index contributed by atoms with van der Waals surface area (Å²) in [6.07, 6.45) is 5.60. The molecule has 0 amide bonds. The van der Waals surface area contributed by atoms with Crippen molar-refractivity contribution in [3.8, 4) is 0 Å². The topological polar surface area (TPSA) is 39.7 Å². The summed E-state index contributed by atoms with van der Waals surface area (Å²) in [6.45, 7) is 10.3. The lowest BCUT2D eigenvalue weighted by Crippen LogP contribution is -2.66. The van der Waals surface area contributed by atoms with E-state index < -0.39 is 8.56 Å². The molecule has 1 heterocycles. The first kappa shape index (κ1) is 21.6. The van der Waals surface area contributed by atoms with Gasteiger partial charge in [-0.3, -0.25) is 0 Å². The quantitative estimate of drug-likeness (QED) is 0.426. The van der Waals surface area contributed by atoms with Gasteiger partial charge in [-0.1, -0.05) is 43.2 Å². The molecule has 1 fully saturated rings. The van der Waals surface area contributed by atoms with Gasteiger partial charge in [-0.2, -0.15) is 0 Å². The van der Waals surface area contributed by atoms with Gasteiger partial charge in [0.25, 0.3) is 0 Å². The molecule has 1 unspecified atom stereocenters. The number of benzene rings is 1. The highest BCUT2D eigenvalue weighted by atomic mass is 28.4. The minimum absolute atomic E-state index is 0.194. The molecule has 1 aromatic carbocycles. The summed E-state index contributed by atoms with van der Waals surface area (Å²) in [5.74, 6) is 0. The molecule has 1 atom stereocenters. The molecule has 2 rings (SSSR count). The Balaban J connectivity index is 1.96. The number of hydrogen-bond donors (Lipinski definition) is 1. The van der Waals surface area contributed by atoms with Gasteiger partial charge in [0.05, 0.1) is 0 Å². The van der Waals surface area contributed by atoms with Gasteiger partial charge in [-0.25, -0.2) is 0 Å². The summed E-state index contributed by atoms with van der Waals surface area (Å²) in [7, 11) is -2.36. The van der Waals surface area contributed by atoms with Crippen LogP contribution in [0.1, 0.15) is 58.4 Å². The highest BCUT2D eigenvalue weighted by molar-refractivity contribution is 6.70. The van der Waals surface area contributed by atoms with Crippen LogP contribution in [0.5, 0.6) is 0 Å². The summed E-state index contributed by atoms with van der Waals surface area (Å²) < 4.78 is 19.2. The van der Waals surface area contributed by atoms with Crippen molar-refractivity contribution in [2.24, 2.45) is 0 Å². The van der Waals surface area contributed by atoms with Gasteiger partial charge < -0.3 is 18.9 Å². The fourth-order valence-electron chi connectivity index (χ4n) is 4.28. The molecule has 0 spiro atoms. The van der Waals surface area contributed by atoms with Crippen molar-refractivity contribution in [1.29, 1.82) is 0 Å². The van der Waals surface area contributed by atoms with Gasteiger partial charge >= 0.3 is 8.56 Å². The standard InChI is InChI=1S/C21H37NO3Si/c1-4-23-21(15-10-11-18-26(21,24-5-2)25-6-3)16-12-17-22-19-20-13-8-7-9-14-20/h7-9,13-14,22H,4-6,10-12,15-19H2,1-3H3. The lowest BCUT2D eigenvalue weighted by atomic mass is 10.1. The molecular weight excluding hydrogens is 342 g/mol. The Morgan fingerprint density at radius 1 is 1.00 bits per heavy atom. The van der Waals surface area contributed by atoms with Gasteiger partial charge in [-0.05, 0) is 58.2 Å². The lowest BCUT2D eigenvalue weighted by Gasteiger charge is -2.49. The Hall–Kier alpha value is -0.723. The van der Waals surface area contributed by atoms with Gasteiger partial charge in [0.1, 0.15) is 5.22 Å². The number of nitrogens with one attached hydrogen (secondary N) is 1. The fourth-order valence-corrected chi connectivity index (χ4v) is 8.76. The molecule has 0 aliphatic carbocycles. The maximum atomic E-state index is 6.44. The first-order valence-corrected chi connectivity index (χ1v) is 12.4. The van der Waals surface area contributed by atoms with E-state index in [1.54, 1.807) is 0 Å². The van der Waals surface area contributed by atoms with Crippen LogP contribution in [0, 0.1) is 0 Å². The van der Waals surface area contributed by atoms with Crippen molar-refractivity contribution in [2.75, 3.05) is 26.4 Å². The predicted octanol–water partition coefficient (Wildman–Crippen LogP) is 4.57. The minimum atomic E-state index is -2.36. The van der Waals surface area contributed by atoms with E-state index in [9.17, 15) is 0 Å². The van der Waals surface area contributed by atoms with Crippen LogP contribution in [0.25, 0.3) is 0 Å². The summed E-state index contributed by atoms with van der Waals surface area (Å²) in [5.41, 5.74) is 1.33. The third-order valence-electron chi connectivity index (χ3n) is 5.31. The number of hydrogen-bond acceptors (Lipinski definition) is 4. The van der Waals surface area contributed by atoms with Gasteiger partial charge in [0.2, 0.25) is 0 Å². The monoisotopic (exact) mass is 379 g/mol. The zero-order valence-corrected chi connectivity index (χ0v) is 17.9. The summed E-state index contributed by atoms with van der Waals surface area (Å²) in [5, 5.41) is 3.38. The fraction of sp³-hybridized carbons (Fsp3) is 0.714. The van der Waals surface area contributed by atoms with Crippen molar-refractivity contribution in [3.63, 3.8) is 0 Å². The van der Waals surface area contributed by atoms with Crippen molar-refractivity contribution >= 4 is 8.56 Å². The van der Waals surface area contributed by atoms with Crippen LogP contribution in [-0.2, 0) is 20.1 Å². The Morgan fingerprint density at radius 3 is 2.38 bits per heavy atom. The van der Waals surface area contributed by atoms with E-state index in [2.05, 4.69) is 56.4 Å². The molecule has 5 heteroatoms. The SMILES string of the molecule is CCOC1(CCCNCc2ccccc2)CCCC[Si]1(OCC)OCC. The molecule has 1 N–H and O–H groups in total. The Morgan fingerprint density at radius 2 is 1.73 bits per heavy atom. The maximum absolute atomic E-state index is 6.44. The van der Waals surface area contributed by atoms with E-state index >= 15 is 0 Å². The van der Waals surface area contributed by atoms with E-state index in [4.69, 9.17) is 13.6 Å². The van der Waals surface area contributed by atoms with Crippen LogP contribution in [-0.4, -0.2) is 40.2 Å². The molecule has 1 saturated heterocycles. The molecule has 1 aromatic rings. The molecule has 0 saturated carbocycles. The van der Waals surface area contributed by atoms with Crippen LogP contribution < -0.4 is 5.32 Å². The highest BCUT2D eigenvalue weighted by Gasteiger charge is 2.59. The molecule has 0 bridgehead atoms. The molecule has 0 aromatic heterocycles. The van der Waals surface area contributed by atoms with Crippen LogP contribution in [0.2, 0.25) is 6.04 Å². The summed E-state index contributed by atoms with van der Waals surface area (Å²) in [4.78, 5) is 0. The van der Waals surface area contributed by atoms with Crippen molar-refractivity contribution in [1.82, 2.24) is 5.32 Å². The molecule has 1 aliphatic heterocycles. The zero-order chi connectivity index (χ0) is 18.7. The number of rotatable bonds is 12. The minimum Gasteiger partial charge on any atom is -0.393 e. The molecule has 4 nitrogen and oxygen atoms in total. The first-order valence-electron chi connectivity index (χ1n) is 10.4. The molecule has 148 valence electrons. The lowest BCUT2D eigenvalue weighted by molar-refractivity contribution is -0.0464. The van der Waals surface area contributed by atoms with Crippen molar-refractivity contribution < 1.29 is 13.6 Å². The van der Waals surface area contributed by atoms with Crippen LogP contribution >= 0.6 is 0 Å². The second-order valence-electron chi connectivity index (χ2n) is 7.02. The largest absolute Gasteiger partial charge is 0.393 e. The average Bonchev–Trinajstić information content (AvgIpc) is 2.65. The predicted molar refractivity (Wildman–Crippen MR) is 109 cm³/mol. The molecule has 1 aliphatic rings. The van der Waals surface area contributed by atoms with Gasteiger partial charge in [0.15, 0.2) is 0 Å². The van der Waals surface area contributed by atoms with E-state index in [-0.39, 0.29) is 5.22 Å². The second kappa shape index (κ2) is 11.2. The van der Waals surface area contributed by atoms with Crippen molar-refractivity contribution in [2.45, 2.75) is 70.7 Å². The van der Waals surface area contributed by atoms with Crippen LogP contribution in [0.4, 0.5) is 0 Å². The second-order valence-corrected chi connectivity index (χ2v) is 10.5. The summed E-state index contributed by atoms with van der Waals surface area (Å²) in [6, 6.07) is 11.6. The maximum Gasteiger partial charge on any atom is 0.371 e. The Labute approximate surface area is 160 Å². The van der Waals surface area contributed by atoms with E-state index in [1.165, 1.54) is 18.4 Å². The van der Waals surface area contributed by atoms with Crippen LogP contribution in [0.15, 0.2) is 30.3 Å². The van der Waals surface area contributed by atoms with Crippen molar-refractivity contribution in [3.05, 3.63) is 35.9 Å². The van der Waals surface area contributed by atoms with Crippen LogP contribution in [0.3, 0.4) is 0 Å². The molecule has 0 radical (unpaired) electrons. The van der Waals surface area contributed by atoms with E-state index in [0.29, 0.717) is 13.2 Å². The van der Waals surface area contributed by atoms with E-state index in [0.717, 1.165) is 45.0 Å².